The van der Waals surface area contributed by atoms with Crippen LogP contribution in [-0.2, 0) is 24.7 Å². The number of hydrogen-bond donors (Lipinski definition) is 1. The molecule has 7 nitrogen and oxygen atoms in total. The lowest BCUT2D eigenvalue weighted by Crippen LogP contribution is -2.11. The van der Waals surface area contributed by atoms with E-state index in [1.54, 1.807) is 0 Å². The van der Waals surface area contributed by atoms with Crippen LogP contribution in [0.3, 0.4) is 0 Å². The Hall–Kier alpha value is -1.42. The molecule has 0 unspecified atom stereocenters. The van der Waals surface area contributed by atoms with Gasteiger partial charge in [-0.1, -0.05) is 6.58 Å². The highest BCUT2D eigenvalue weighted by Crippen LogP contribution is 2.17. The van der Waals surface area contributed by atoms with E-state index in [1.165, 1.54) is 24.3 Å². The molecule has 0 aliphatic rings. The van der Waals surface area contributed by atoms with Crippen molar-refractivity contribution in [2.45, 2.75) is 11.3 Å². The van der Waals surface area contributed by atoms with Crippen LogP contribution in [0, 0.1) is 0 Å². The summed E-state index contributed by atoms with van der Waals surface area (Å²) in [5.41, 5.74) is 0. The quantitative estimate of drug-likeness (QED) is 0.500. The molecule has 1 rings (SSSR count). The Morgan fingerprint density at radius 1 is 1.05 bits per heavy atom. The Labute approximate surface area is 130 Å². The summed E-state index contributed by atoms with van der Waals surface area (Å²) >= 11 is 0. The molecular formula is C13H18O7S2. The maximum atomic E-state index is 11.5. The van der Waals surface area contributed by atoms with E-state index in [4.69, 9.17) is 14.0 Å². The van der Waals surface area contributed by atoms with E-state index in [2.05, 4.69) is 6.58 Å². The third-order valence-electron chi connectivity index (χ3n) is 2.56. The first kappa shape index (κ1) is 18.6. The molecular weight excluding hydrogens is 332 g/mol. The molecule has 0 aliphatic carbocycles. The van der Waals surface area contributed by atoms with Crippen molar-refractivity contribution in [3.63, 3.8) is 0 Å². The maximum absolute atomic E-state index is 11.5. The second kappa shape index (κ2) is 8.28. The van der Waals surface area contributed by atoms with Crippen molar-refractivity contribution in [3.05, 3.63) is 36.3 Å². The van der Waals surface area contributed by atoms with E-state index in [9.17, 15) is 16.8 Å². The van der Waals surface area contributed by atoms with Crippen molar-refractivity contribution in [1.82, 2.24) is 0 Å². The maximum Gasteiger partial charge on any atom is 0.264 e. The summed E-state index contributed by atoms with van der Waals surface area (Å²) in [6.45, 7) is 3.92. The van der Waals surface area contributed by atoms with Gasteiger partial charge in [0.25, 0.3) is 10.1 Å². The van der Waals surface area contributed by atoms with Crippen molar-refractivity contribution in [2.24, 2.45) is 0 Å². The minimum atomic E-state index is -3.95. The van der Waals surface area contributed by atoms with E-state index in [0.717, 1.165) is 5.41 Å². The summed E-state index contributed by atoms with van der Waals surface area (Å²) in [5, 5.41) is 0.878. The topological polar surface area (TPSA) is 107 Å². The molecule has 0 spiro atoms. The van der Waals surface area contributed by atoms with Crippen molar-refractivity contribution in [2.75, 3.05) is 25.6 Å². The van der Waals surface area contributed by atoms with Gasteiger partial charge in [0.15, 0.2) is 9.84 Å². The highest BCUT2D eigenvalue weighted by atomic mass is 32.2. The molecule has 124 valence electrons. The Morgan fingerprint density at radius 2 is 1.68 bits per heavy atom. The molecule has 0 atom stereocenters. The van der Waals surface area contributed by atoms with E-state index < -0.39 is 20.0 Å². The summed E-state index contributed by atoms with van der Waals surface area (Å²) < 4.78 is 62.9. The van der Waals surface area contributed by atoms with Gasteiger partial charge in [-0.05, 0) is 30.7 Å². The molecule has 9 heteroatoms. The molecule has 0 saturated carbocycles. The Morgan fingerprint density at radius 3 is 2.23 bits per heavy atom. The number of ether oxygens (including phenoxy) is 2. The van der Waals surface area contributed by atoms with Gasteiger partial charge in [0.05, 0.1) is 17.3 Å². The Kier molecular flexibility index (Phi) is 7.01. The van der Waals surface area contributed by atoms with Crippen LogP contribution in [0.1, 0.15) is 6.42 Å². The van der Waals surface area contributed by atoms with Crippen LogP contribution in [0.25, 0.3) is 0 Å². The average molecular weight is 350 g/mol. The van der Waals surface area contributed by atoms with E-state index in [-0.39, 0.29) is 36.9 Å². The number of hydrogen-bond acceptors (Lipinski definition) is 6. The number of rotatable bonds is 10. The van der Waals surface area contributed by atoms with Gasteiger partial charge in [-0.3, -0.25) is 4.55 Å². The lowest BCUT2D eigenvalue weighted by molar-refractivity contribution is 0.101. The fraction of sp³-hybridized carbons (Fsp3) is 0.385. The van der Waals surface area contributed by atoms with Gasteiger partial charge >= 0.3 is 0 Å². The first-order valence-corrected chi connectivity index (χ1v) is 9.53. The molecule has 0 heterocycles. The van der Waals surface area contributed by atoms with Crippen LogP contribution in [0.2, 0.25) is 0 Å². The summed E-state index contributed by atoms with van der Waals surface area (Å²) in [4.78, 5) is 0.135. The molecule has 1 aromatic rings. The summed E-state index contributed by atoms with van der Waals surface area (Å²) in [6, 6.07) is 5.88. The van der Waals surface area contributed by atoms with Gasteiger partial charge in [-0.25, -0.2) is 8.42 Å². The lowest BCUT2D eigenvalue weighted by atomic mass is 10.3. The monoisotopic (exact) mass is 350 g/mol. The smallest absolute Gasteiger partial charge is 0.264 e. The minimum absolute atomic E-state index is 0.135. The zero-order valence-corrected chi connectivity index (χ0v) is 13.5. The average Bonchev–Trinajstić information content (AvgIpc) is 2.45. The molecule has 0 aliphatic heterocycles. The van der Waals surface area contributed by atoms with Gasteiger partial charge in [0, 0.05) is 12.0 Å². The van der Waals surface area contributed by atoms with E-state index in [1.807, 2.05) is 0 Å². The van der Waals surface area contributed by atoms with Gasteiger partial charge in [-0.2, -0.15) is 8.42 Å². The second-order valence-electron chi connectivity index (χ2n) is 4.28. The SMILES string of the molecule is C=CS(=O)(=O)c1ccc(OCCOCCCS(=O)(=O)O)cc1. The molecule has 0 amide bonds. The van der Waals surface area contributed by atoms with Gasteiger partial charge in [-0.15, -0.1) is 0 Å². The normalized spacial score (nSPS) is 12.0. The van der Waals surface area contributed by atoms with Crippen molar-refractivity contribution in [3.8, 4) is 5.75 Å². The third kappa shape index (κ3) is 7.03. The number of sulfone groups is 1. The van der Waals surface area contributed by atoms with Crippen LogP contribution in [0.5, 0.6) is 5.75 Å². The molecule has 0 aromatic heterocycles. The lowest BCUT2D eigenvalue weighted by Gasteiger charge is -2.07. The molecule has 0 radical (unpaired) electrons. The van der Waals surface area contributed by atoms with Gasteiger partial charge < -0.3 is 9.47 Å². The summed E-state index contributed by atoms with van der Waals surface area (Å²) in [5.74, 6) is 0.150. The number of benzene rings is 1. The molecule has 0 fully saturated rings. The van der Waals surface area contributed by atoms with E-state index in [0.29, 0.717) is 5.75 Å². The minimum Gasteiger partial charge on any atom is -0.491 e. The fourth-order valence-corrected chi connectivity index (χ4v) is 2.68. The largest absolute Gasteiger partial charge is 0.491 e. The molecule has 0 bridgehead atoms. The summed E-state index contributed by atoms with van der Waals surface area (Å²) in [7, 11) is -7.39. The highest BCUT2D eigenvalue weighted by molar-refractivity contribution is 7.94. The third-order valence-corrected chi connectivity index (χ3v) is 4.73. The first-order valence-electron chi connectivity index (χ1n) is 6.38. The van der Waals surface area contributed by atoms with Gasteiger partial charge in [0.1, 0.15) is 12.4 Å². The van der Waals surface area contributed by atoms with E-state index >= 15 is 0 Å². The van der Waals surface area contributed by atoms with Gasteiger partial charge in [0.2, 0.25) is 0 Å². The van der Waals surface area contributed by atoms with Crippen LogP contribution >= 0.6 is 0 Å². The molecule has 1 aromatic carbocycles. The van der Waals surface area contributed by atoms with Crippen LogP contribution < -0.4 is 4.74 Å². The summed E-state index contributed by atoms with van der Waals surface area (Å²) in [6.07, 6.45) is 0.201. The zero-order chi connectivity index (χ0) is 16.6. The highest BCUT2D eigenvalue weighted by Gasteiger charge is 2.08. The first-order chi connectivity index (χ1) is 10.2. The van der Waals surface area contributed by atoms with Crippen molar-refractivity contribution >= 4 is 20.0 Å². The van der Waals surface area contributed by atoms with Crippen molar-refractivity contribution < 1.29 is 30.9 Å². The molecule has 22 heavy (non-hydrogen) atoms. The standard InChI is InChI=1S/C13H18O7S2/c1-2-21(14,15)13-6-4-12(5-7-13)20-10-9-19-8-3-11-22(16,17)18/h2,4-7H,1,3,8-11H2,(H,16,17,18). The predicted octanol–water partition coefficient (Wildman–Crippen LogP) is 1.28. The Bertz CT molecular complexity index is 676. The second-order valence-corrected chi connectivity index (χ2v) is 7.75. The van der Waals surface area contributed by atoms with Crippen molar-refractivity contribution in [1.29, 1.82) is 0 Å². The van der Waals surface area contributed by atoms with Crippen LogP contribution in [-0.4, -0.2) is 47.0 Å². The van der Waals surface area contributed by atoms with Crippen LogP contribution in [0.4, 0.5) is 0 Å². The van der Waals surface area contributed by atoms with Crippen LogP contribution in [0.15, 0.2) is 41.1 Å². The zero-order valence-electron chi connectivity index (χ0n) is 11.8. The Balaban J connectivity index is 2.27. The predicted molar refractivity (Wildman–Crippen MR) is 81.2 cm³/mol. The molecule has 1 N–H and O–H groups in total. The molecule has 0 saturated heterocycles. The fourth-order valence-electron chi connectivity index (χ4n) is 1.49.